The minimum absolute atomic E-state index is 0.139. The zero-order valence-electron chi connectivity index (χ0n) is 17.5. The molecule has 1 fully saturated rings. The number of fused-ring (bicyclic) bond motifs is 1. The molecule has 0 saturated carbocycles. The number of aromatic nitrogens is 2. The lowest BCUT2D eigenvalue weighted by molar-refractivity contribution is -0.132. The fraction of sp³-hybridized carbons (Fsp3) is 0.0833. The molecule has 1 amide bonds. The van der Waals surface area contributed by atoms with Crippen molar-refractivity contribution in [1.29, 1.82) is 0 Å². The minimum atomic E-state index is -0.999. The van der Waals surface area contributed by atoms with Gasteiger partial charge in [0.05, 0.1) is 38.6 Å². The summed E-state index contributed by atoms with van der Waals surface area (Å²) >= 11 is 13.8. The summed E-state index contributed by atoms with van der Waals surface area (Å²) in [5, 5.41) is 11.8. The number of hydrogen-bond donors (Lipinski definition) is 1. The van der Waals surface area contributed by atoms with Gasteiger partial charge in [-0.1, -0.05) is 52.7 Å². The third-order valence-corrected chi connectivity index (χ3v) is 6.97. The van der Waals surface area contributed by atoms with E-state index in [-0.39, 0.29) is 26.9 Å². The van der Waals surface area contributed by atoms with Gasteiger partial charge < -0.3 is 9.84 Å². The first-order chi connectivity index (χ1) is 16.4. The third kappa shape index (κ3) is 3.60. The van der Waals surface area contributed by atoms with Crippen LogP contribution in [0.2, 0.25) is 10.0 Å². The zero-order valence-corrected chi connectivity index (χ0v) is 19.9. The average Bonchev–Trinajstić information content (AvgIpc) is 3.37. The summed E-state index contributed by atoms with van der Waals surface area (Å²) < 4.78 is 6.02. The van der Waals surface area contributed by atoms with Gasteiger partial charge >= 0.3 is 5.91 Å². The van der Waals surface area contributed by atoms with Gasteiger partial charge in [-0.25, -0.2) is 4.98 Å². The summed E-state index contributed by atoms with van der Waals surface area (Å²) in [5.41, 5.74) is 1.12. The molecule has 1 unspecified atom stereocenters. The van der Waals surface area contributed by atoms with Crippen LogP contribution in [0.5, 0.6) is 5.75 Å². The highest BCUT2D eigenvalue weighted by Crippen LogP contribution is 2.44. The van der Waals surface area contributed by atoms with Crippen LogP contribution in [-0.2, 0) is 9.59 Å². The maximum Gasteiger partial charge on any atom is 0.301 e. The van der Waals surface area contributed by atoms with Crippen molar-refractivity contribution in [1.82, 2.24) is 9.97 Å². The van der Waals surface area contributed by atoms with E-state index in [1.807, 2.05) is 24.3 Å². The summed E-state index contributed by atoms with van der Waals surface area (Å²) in [6.07, 6.45) is 1.55. The molecule has 0 aliphatic carbocycles. The highest BCUT2D eigenvalue weighted by molar-refractivity contribution is 7.22. The maximum absolute atomic E-state index is 13.2. The van der Waals surface area contributed by atoms with E-state index in [1.165, 1.54) is 35.5 Å². The zero-order chi connectivity index (χ0) is 24.0. The standard InChI is InChI=1S/C24H15Cl2N3O4S/c1-33-22-13(25)10-12(11-14(22)26)20(30)18-19(16-7-4-5-9-27-16)29(23(32)21(18)31)24-28-15-6-2-3-8-17(15)34-24/h2-11,19,30H,1H3/b20-18+. The van der Waals surface area contributed by atoms with Crippen LogP contribution < -0.4 is 9.64 Å². The monoisotopic (exact) mass is 511 g/mol. The summed E-state index contributed by atoms with van der Waals surface area (Å²) in [6, 6.07) is 14.4. The molecular formula is C24H15Cl2N3O4S. The van der Waals surface area contributed by atoms with E-state index in [0.717, 1.165) is 4.70 Å². The number of rotatable bonds is 4. The van der Waals surface area contributed by atoms with E-state index in [9.17, 15) is 14.7 Å². The molecule has 5 rings (SSSR count). The molecule has 4 aromatic rings. The second kappa shape index (κ2) is 8.72. The predicted molar refractivity (Wildman–Crippen MR) is 132 cm³/mol. The number of carbonyl (C=O) groups is 2. The first-order valence-electron chi connectivity index (χ1n) is 10.0. The fourth-order valence-electron chi connectivity index (χ4n) is 3.86. The predicted octanol–water partition coefficient (Wildman–Crippen LogP) is 5.63. The second-order valence-corrected chi connectivity index (χ2v) is 9.18. The summed E-state index contributed by atoms with van der Waals surface area (Å²) in [7, 11) is 1.41. The van der Waals surface area contributed by atoms with E-state index >= 15 is 0 Å². The van der Waals surface area contributed by atoms with Gasteiger partial charge in [0, 0.05) is 11.8 Å². The molecule has 1 saturated heterocycles. The first kappa shape index (κ1) is 22.3. The number of para-hydroxylation sites is 1. The number of nitrogens with zero attached hydrogens (tertiary/aromatic N) is 3. The second-order valence-electron chi connectivity index (χ2n) is 7.36. The van der Waals surface area contributed by atoms with Crippen molar-refractivity contribution in [3.8, 4) is 5.75 Å². The Morgan fingerprint density at radius 1 is 1.09 bits per heavy atom. The molecule has 3 heterocycles. The van der Waals surface area contributed by atoms with Crippen molar-refractivity contribution in [3.63, 3.8) is 0 Å². The van der Waals surface area contributed by atoms with Gasteiger partial charge in [-0.05, 0) is 36.4 Å². The summed E-state index contributed by atoms with van der Waals surface area (Å²) in [4.78, 5) is 36.7. The largest absolute Gasteiger partial charge is 0.507 e. The highest BCUT2D eigenvalue weighted by Gasteiger charge is 2.48. The SMILES string of the molecule is COc1c(Cl)cc(/C(O)=C2\C(=O)C(=O)N(c3nc4ccccc4s3)C2c2ccccn2)cc1Cl. The highest BCUT2D eigenvalue weighted by atomic mass is 35.5. The number of halogens is 2. The number of anilines is 1. The van der Waals surface area contributed by atoms with E-state index in [1.54, 1.807) is 24.4 Å². The van der Waals surface area contributed by atoms with Gasteiger partial charge in [0.1, 0.15) is 11.8 Å². The van der Waals surface area contributed by atoms with Crippen molar-refractivity contribution in [2.75, 3.05) is 12.0 Å². The smallest absolute Gasteiger partial charge is 0.301 e. The normalized spacial score (nSPS) is 17.5. The lowest BCUT2D eigenvalue weighted by atomic mass is 9.98. The number of methoxy groups -OCH3 is 1. The number of pyridine rings is 1. The minimum Gasteiger partial charge on any atom is -0.507 e. The van der Waals surface area contributed by atoms with E-state index < -0.39 is 23.5 Å². The number of thiazole rings is 1. The molecule has 1 N–H and O–H groups in total. The molecular weight excluding hydrogens is 497 g/mol. The molecule has 34 heavy (non-hydrogen) atoms. The number of aliphatic hydroxyl groups excluding tert-OH is 1. The van der Waals surface area contributed by atoms with Crippen molar-refractivity contribution >= 4 is 67.3 Å². The van der Waals surface area contributed by atoms with E-state index in [2.05, 4.69) is 9.97 Å². The molecule has 170 valence electrons. The van der Waals surface area contributed by atoms with Crippen LogP contribution in [0.25, 0.3) is 16.0 Å². The number of ether oxygens (including phenoxy) is 1. The van der Waals surface area contributed by atoms with Crippen LogP contribution in [0.1, 0.15) is 17.3 Å². The number of amides is 1. The molecule has 10 heteroatoms. The lowest BCUT2D eigenvalue weighted by Gasteiger charge is -2.22. The van der Waals surface area contributed by atoms with Crippen LogP contribution in [-0.4, -0.2) is 33.9 Å². The summed E-state index contributed by atoms with van der Waals surface area (Å²) in [5.74, 6) is -1.88. The van der Waals surface area contributed by atoms with Crippen molar-refractivity contribution in [2.24, 2.45) is 0 Å². The van der Waals surface area contributed by atoms with Gasteiger partial charge in [-0.3, -0.25) is 19.5 Å². The molecule has 0 spiro atoms. The Labute approximate surface area is 207 Å². The van der Waals surface area contributed by atoms with E-state index in [0.29, 0.717) is 16.3 Å². The Bertz CT molecular complexity index is 1430. The first-order valence-corrected chi connectivity index (χ1v) is 11.6. The van der Waals surface area contributed by atoms with Gasteiger partial charge in [0.15, 0.2) is 10.9 Å². The van der Waals surface area contributed by atoms with Crippen LogP contribution in [0.4, 0.5) is 5.13 Å². The van der Waals surface area contributed by atoms with Crippen LogP contribution >= 0.6 is 34.5 Å². The molecule has 0 radical (unpaired) electrons. The number of benzene rings is 2. The lowest BCUT2D eigenvalue weighted by Crippen LogP contribution is -2.29. The Morgan fingerprint density at radius 2 is 1.79 bits per heavy atom. The number of hydrogen-bond acceptors (Lipinski definition) is 7. The topological polar surface area (TPSA) is 92.6 Å². The number of ketones is 1. The van der Waals surface area contributed by atoms with Crippen molar-refractivity contribution in [2.45, 2.75) is 6.04 Å². The molecule has 2 aromatic carbocycles. The number of aliphatic hydroxyl groups is 1. The Balaban J connectivity index is 1.73. The van der Waals surface area contributed by atoms with Crippen LogP contribution in [0, 0.1) is 0 Å². The quantitative estimate of drug-likeness (QED) is 0.216. The van der Waals surface area contributed by atoms with Crippen molar-refractivity contribution < 1.29 is 19.4 Å². The van der Waals surface area contributed by atoms with Gasteiger partial charge in [-0.15, -0.1) is 0 Å². The van der Waals surface area contributed by atoms with Crippen molar-refractivity contribution in [3.05, 3.63) is 87.7 Å². The maximum atomic E-state index is 13.2. The molecule has 7 nitrogen and oxygen atoms in total. The Hall–Kier alpha value is -3.46. The average molecular weight is 512 g/mol. The summed E-state index contributed by atoms with van der Waals surface area (Å²) in [6.45, 7) is 0. The van der Waals surface area contributed by atoms with Gasteiger partial charge in [-0.2, -0.15) is 0 Å². The van der Waals surface area contributed by atoms with Gasteiger partial charge in [0.2, 0.25) is 0 Å². The molecule has 0 bridgehead atoms. The molecule has 2 aromatic heterocycles. The Kier molecular flexibility index (Phi) is 5.73. The van der Waals surface area contributed by atoms with Crippen LogP contribution in [0.15, 0.2) is 66.4 Å². The fourth-order valence-corrected chi connectivity index (χ4v) is 5.49. The number of Topliss-reactive ketones (excluding diaryl/α,β-unsaturated/α-hetero) is 1. The molecule has 1 aliphatic heterocycles. The molecule has 1 atom stereocenters. The third-order valence-electron chi connectivity index (χ3n) is 5.38. The molecule has 1 aliphatic rings. The Morgan fingerprint density at radius 3 is 2.44 bits per heavy atom. The van der Waals surface area contributed by atoms with Gasteiger partial charge in [0.25, 0.3) is 5.78 Å². The van der Waals surface area contributed by atoms with Crippen LogP contribution in [0.3, 0.4) is 0 Å². The number of carbonyl (C=O) groups excluding carboxylic acids is 2. The van der Waals surface area contributed by atoms with E-state index in [4.69, 9.17) is 27.9 Å².